The molecule has 0 amide bonds. The van der Waals surface area contributed by atoms with Crippen molar-refractivity contribution >= 4 is 11.6 Å². The van der Waals surface area contributed by atoms with Crippen LogP contribution in [0.3, 0.4) is 0 Å². The van der Waals surface area contributed by atoms with Crippen LogP contribution in [-0.4, -0.2) is 39.4 Å². The number of β-amino-alcohol motifs (C(OH)–C–C–N with tert-alkyl or cyclic N) is 1. The van der Waals surface area contributed by atoms with Crippen molar-refractivity contribution in [3.05, 3.63) is 35.2 Å². The molecule has 1 N–H and O–H groups in total. The Morgan fingerprint density at radius 2 is 2.20 bits per heavy atom. The highest BCUT2D eigenvalue weighted by Crippen LogP contribution is 2.26. The normalized spacial score (nSPS) is 20.2. The van der Waals surface area contributed by atoms with Gasteiger partial charge in [0.15, 0.2) is 0 Å². The first kappa shape index (κ1) is 13.5. The molecule has 6 heteroatoms. The van der Waals surface area contributed by atoms with Crippen LogP contribution in [-0.2, 0) is 6.54 Å². The van der Waals surface area contributed by atoms with Gasteiger partial charge in [-0.2, -0.15) is 0 Å². The van der Waals surface area contributed by atoms with Gasteiger partial charge in [-0.3, -0.25) is 4.90 Å². The molecule has 1 saturated heterocycles. The van der Waals surface area contributed by atoms with E-state index in [4.69, 9.17) is 16.0 Å². The van der Waals surface area contributed by atoms with Gasteiger partial charge in [-0.25, -0.2) is 0 Å². The molecular weight excluding hydrogens is 278 g/mol. The Labute approximate surface area is 122 Å². The van der Waals surface area contributed by atoms with Crippen molar-refractivity contribution in [3.63, 3.8) is 0 Å². The lowest BCUT2D eigenvalue weighted by molar-refractivity contribution is 0.0625. The average molecular weight is 294 g/mol. The number of nitrogens with zero attached hydrogens (tertiary/aromatic N) is 3. The SMILES string of the molecule is O[C@H]1CCCN(Cc2nnc(-c3ccccc3Cl)o2)C1. The summed E-state index contributed by atoms with van der Waals surface area (Å²) in [4.78, 5) is 2.12. The van der Waals surface area contributed by atoms with Crippen LogP contribution in [0.25, 0.3) is 11.5 Å². The van der Waals surface area contributed by atoms with Gasteiger partial charge in [-0.15, -0.1) is 10.2 Å². The fourth-order valence-corrected chi connectivity index (χ4v) is 2.64. The first-order valence-electron chi connectivity index (χ1n) is 6.70. The quantitative estimate of drug-likeness (QED) is 0.941. The van der Waals surface area contributed by atoms with E-state index in [2.05, 4.69) is 15.1 Å². The fourth-order valence-electron chi connectivity index (χ4n) is 2.43. The van der Waals surface area contributed by atoms with E-state index >= 15 is 0 Å². The van der Waals surface area contributed by atoms with E-state index in [1.165, 1.54) is 0 Å². The molecular formula is C14H16ClN3O2. The second-order valence-electron chi connectivity index (χ2n) is 5.01. The van der Waals surface area contributed by atoms with E-state index in [1.807, 2.05) is 18.2 Å². The summed E-state index contributed by atoms with van der Waals surface area (Å²) in [5.74, 6) is 0.983. The van der Waals surface area contributed by atoms with E-state index in [0.29, 0.717) is 29.9 Å². The smallest absolute Gasteiger partial charge is 0.249 e. The third-order valence-electron chi connectivity index (χ3n) is 3.41. The lowest BCUT2D eigenvalue weighted by atomic mass is 10.1. The average Bonchev–Trinajstić information content (AvgIpc) is 2.87. The predicted molar refractivity (Wildman–Crippen MR) is 75.3 cm³/mol. The van der Waals surface area contributed by atoms with E-state index in [1.54, 1.807) is 6.07 Å². The molecule has 1 atom stereocenters. The van der Waals surface area contributed by atoms with E-state index in [0.717, 1.165) is 24.9 Å². The maximum absolute atomic E-state index is 9.65. The summed E-state index contributed by atoms with van der Waals surface area (Å²) in [6, 6.07) is 7.39. The molecule has 1 aromatic carbocycles. The molecule has 106 valence electrons. The molecule has 2 heterocycles. The summed E-state index contributed by atoms with van der Waals surface area (Å²) in [6.07, 6.45) is 1.60. The maximum Gasteiger partial charge on any atom is 0.249 e. The maximum atomic E-state index is 9.65. The van der Waals surface area contributed by atoms with Gasteiger partial charge in [0.1, 0.15) is 0 Å². The zero-order chi connectivity index (χ0) is 13.9. The summed E-state index contributed by atoms with van der Waals surface area (Å²) in [6.45, 7) is 2.17. The second-order valence-corrected chi connectivity index (χ2v) is 5.42. The molecule has 1 fully saturated rings. The number of rotatable bonds is 3. The van der Waals surface area contributed by atoms with Crippen LogP contribution in [0.5, 0.6) is 0 Å². The highest BCUT2D eigenvalue weighted by Gasteiger charge is 2.20. The minimum absolute atomic E-state index is 0.255. The summed E-state index contributed by atoms with van der Waals surface area (Å²) >= 11 is 6.11. The van der Waals surface area contributed by atoms with Crippen LogP contribution in [0.4, 0.5) is 0 Å². The number of piperidine rings is 1. The number of aliphatic hydroxyl groups is 1. The molecule has 0 saturated carbocycles. The van der Waals surface area contributed by atoms with Gasteiger partial charge in [-0.1, -0.05) is 23.7 Å². The number of hydrogen-bond donors (Lipinski definition) is 1. The number of aliphatic hydroxyl groups excluding tert-OH is 1. The van der Waals surface area contributed by atoms with Crippen molar-refractivity contribution in [2.75, 3.05) is 13.1 Å². The highest BCUT2D eigenvalue weighted by molar-refractivity contribution is 6.33. The van der Waals surface area contributed by atoms with Gasteiger partial charge in [0.25, 0.3) is 0 Å². The molecule has 1 aliphatic rings. The van der Waals surface area contributed by atoms with E-state index < -0.39 is 0 Å². The Hall–Kier alpha value is -1.43. The summed E-state index contributed by atoms with van der Waals surface area (Å²) in [5.41, 5.74) is 0.742. The van der Waals surface area contributed by atoms with Crippen molar-refractivity contribution in [3.8, 4) is 11.5 Å². The van der Waals surface area contributed by atoms with Gasteiger partial charge in [0.2, 0.25) is 11.8 Å². The molecule has 2 aromatic rings. The summed E-state index contributed by atoms with van der Waals surface area (Å²) < 4.78 is 5.66. The number of hydrogen-bond acceptors (Lipinski definition) is 5. The molecule has 0 aliphatic carbocycles. The van der Waals surface area contributed by atoms with Crippen LogP contribution in [0, 0.1) is 0 Å². The third kappa shape index (κ3) is 3.00. The van der Waals surface area contributed by atoms with Crippen LogP contribution >= 0.6 is 11.6 Å². The Balaban J connectivity index is 1.72. The van der Waals surface area contributed by atoms with E-state index in [-0.39, 0.29) is 6.10 Å². The van der Waals surface area contributed by atoms with Gasteiger partial charge < -0.3 is 9.52 Å². The zero-order valence-corrected chi connectivity index (χ0v) is 11.8. The van der Waals surface area contributed by atoms with Crippen molar-refractivity contribution < 1.29 is 9.52 Å². The molecule has 0 radical (unpaired) electrons. The first-order valence-corrected chi connectivity index (χ1v) is 7.08. The number of halogens is 1. The molecule has 5 nitrogen and oxygen atoms in total. The Morgan fingerprint density at radius 1 is 1.35 bits per heavy atom. The largest absolute Gasteiger partial charge is 0.419 e. The van der Waals surface area contributed by atoms with Crippen molar-refractivity contribution in [1.82, 2.24) is 15.1 Å². The summed E-state index contributed by atoms with van der Waals surface area (Å²) in [7, 11) is 0. The van der Waals surface area contributed by atoms with Crippen LogP contribution < -0.4 is 0 Å². The Bertz CT molecular complexity index is 587. The molecule has 0 spiro atoms. The van der Waals surface area contributed by atoms with Gasteiger partial charge >= 0.3 is 0 Å². The standard InChI is InChI=1S/C14H16ClN3O2/c15-12-6-2-1-5-11(12)14-17-16-13(20-14)9-18-7-3-4-10(19)8-18/h1-2,5-6,10,19H,3-4,7-9H2/t10-/m0/s1. The van der Waals surface area contributed by atoms with E-state index in [9.17, 15) is 5.11 Å². The van der Waals surface area contributed by atoms with Crippen LogP contribution in [0.2, 0.25) is 5.02 Å². The molecule has 0 bridgehead atoms. The lowest BCUT2D eigenvalue weighted by Crippen LogP contribution is -2.37. The Kier molecular flexibility index (Phi) is 4.00. The predicted octanol–water partition coefficient (Wildman–Crippen LogP) is 2.35. The van der Waals surface area contributed by atoms with Crippen molar-refractivity contribution in [2.24, 2.45) is 0 Å². The third-order valence-corrected chi connectivity index (χ3v) is 3.74. The number of aromatic nitrogens is 2. The minimum atomic E-state index is -0.255. The fraction of sp³-hybridized carbons (Fsp3) is 0.429. The monoisotopic (exact) mass is 293 g/mol. The second kappa shape index (κ2) is 5.91. The lowest BCUT2D eigenvalue weighted by Gasteiger charge is -2.28. The molecule has 1 aliphatic heterocycles. The summed E-state index contributed by atoms with van der Waals surface area (Å²) in [5, 5.41) is 18.3. The highest BCUT2D eigenvalue weighted by atomic mass is 35.5. The van der Waals surface area contributed by atoms with Crippen molar-refractivity contribution in [2.45, 2.75) is 25.5 Å². The topological polar surface area (TPSA) is 62.4 Å². The molecule has 3 rings (SSSR count). The van der Waals surface area contributed by atoms with Crippen molar-refractivity contribution in [1.29, 1.82) is 0 Å². The minimum Gasteiger partial charge on any atom is -0.419 e. The van der Waals surface area contributed by atoms with Gasteiger partial charge in [0.05, 0.1) is 23.2 Å². The van der Waals surface area contributed by atoms with Crippen LogP contribution in [0.15, 0.2) is 28.7 Å². The number of benzene rings is 1. The van der Waals surface area contributed by atoms with Gasteiger partial charge in [-0.05, 0) is 31.5 Å². The molecule has 0 unspecified atom stereocenters. The van der Waals surface area contributed by atoms with Gasteiger partial charge in [0, 0.05) is 6.54 Å². The Morgan fingerprint density at radius 3 is 3.00 bits per heavy atom. The molecule has 1 aromatic heterocycles. The first-order chi connectivity index (χ1) is 9.72. The van der Waals surface area contributed by atoms with Crippen LogP contribution in [0.1, 0.15) is 18.7 Å². The number of likely N-dealkylation sites (tertiary alicyclic amines) is 1. The molecule has 20 heavy (non-hydrogen) atoms. The zero-order valence-electron chi connectivity index (χ0n) is 11.0.